The fraction of sp³-hybridized carbons (Fsp3) is 0.294. The van der Waals surface area contributed by atoms with E-state index in [9.17, 15) is 9.59 Å². The van der Waals surface area contributed by atoms with Gasteiger partial charge in [0, 0.05) is 11.3 Å². The van der Waals surface area contributed by atoms with Gasteiger partial charge < -0.3 is 14.6 Å². The molecule has 0 fully saturated rings. The summed E-state index contributed by atoms with van der Waals surface area (Å²) in [7, 11) is 1.93. The zero-order chi connectivity index (χ0) is 16.1. The average Bonchev–Trinajstić information content (AvgIpc) is 2.83. The molecule has 116 valence electrons. The number of carbonyl (C=O) groups excluding carboxylic acids is 2. The highest BCUT2D eigenvalue weighted by molar-refractivity contribution is 5.97. The first-order valence-electron chi connectivity index (χ1n) is 7.21. The SMILES string of the molecule is CC(=O)c1cccc(NC(=O)C[NH+](C)Cc2ccc(C)o2)c1. The maximum atomic E-state index is 12.1. The van der Waals surface area contributed by atoms with E-state index in [1.165, 1.54) is 6.92 Å². The third-order valence-electron chi connectivity index (χ3n) is 3.29. The van der Waals surface area contributed by atoms with Gasteiger partial charge in [-0.05, 0) is 38.1 Å². The predicted molar refractivity (Wildman–Crippen MR) is 84.0 cm³/mol. The van der Waals surface area contributed by atoms with Gasteiger partial charge in [0.25, 0.3) is 5.91 Å². The Bertz CT molecular complexity index is 676. The zero-order valence-electron chi connectivity index (χ0n) is 13.1. The number of benzene rings is 1. The number of nitrogens with one attached hydrogen (secondary N) is 2. The number of amides is 1. The number of carbonyl (C=O) groups is 2. The Morgan fingerprint density at radius 1 is 1.23 bits per heavy atom. The Morgan fingerprint density at radius 2 is 2.00 bits per heavy atom. The van der Waals surface area contributed by atoms with E-state index in [2.05, 4.69) is 5.32 Å². The van der Waals surface area contributed by atoms with Gasteiger partial charge in [-0.1, -0.05) is 12.1 Å². The summed E-state index contributed by atoms with van der Waals surface area (Å²) >= 11 is 0. The van der Waals surface area contributed by atoms with E-state index in [4.69, 9.17) is 4.42 Å². The lowest BCUT2D eigenvalue weighted by atomic mass is 10.1. The molecule has 0 aliphatic carbocycles. The van der Waals surface area contributed by atoms with Crippen molar-refractivity contribution in [2.24, 2.45) is 0 Å². The normalized spacial score (nSPS) is 12.0. The molecule has 0 spiro atoms. The van der Waals surface area contributed by atoms with Crippen LogP contribution in [0.4, 0.5) is 5.69 Å². The number of furan rings is 1. The molecule has 2 aromatic rings. The number of Topliss-reactive ketones (excluding diaryl/α,β-unsaturated/α-hetero) is 1. The fourth-order valence-corrected chi connectivity index (χ4v) is 2.24. The molecule has 0 aliphatic heterocycles. The van der Waals surface area contributed by atoms with Crippen molar-refractivity contribution < 1.29 is 18.9 Å². The van der Waals surface area contributed by atoms with Crippen LogP contribution in [-0.4, -0.2) is 25.3 Å². The van der Waals surface area contributed by atoms with Gasteiger partial charge in [0.2, 0.25) is 0 Å². The summed E-state index contributed by atoms with van der Waals surface area (Å²) in [4.78, 5) is 24.4. The van der Waals surface area contributed by atoms with Crippen LogP contribution < -0.4 is 10.2 Å². The number of likely N-dealkylation sites (N-methyl/N-ethyl adjacent to an activating group) is 1. The van der Waals surface area contributed by atoms with Gasteiger partial charge in [-0.15, -0.1) is 0 Å². The third-order valence-corrected chi connectivity index (χ3v) is 3.29. The van der Waals surface area contributed by atoms with Gasteiger partial charge in [-0.2, -0.15) is 0 Å². The van der Waals surface area contributed by atoms with E-state index in [0.717, 1.165) is 16.4 Å². The fourth-order valence-electron chi connectivity index (χ4n) is 2.24. The van der Waals surface area contributed by atoms with Gasteiger partial charge in [0.15, 0.2) is 18.1 Å². The van der Waals surface area contributed by atoms with Crippen molar-refractivity contribution >= 4 is 17.4 Å². The van der Waals surface area contributed by atoms with Crippen LogP contribution in [0.25, 0.3) is 0 Å². The minimum Gasteiger partial charge on any atom is -0.460 e. The molecule has 1 aromatic heterocycles. The molecule has 1 atom stereocenters. The van der Waals surface area contributed by atoms with Crippen LogP contribution in [0.3, 0.4) is 0 Å². The maximum Gasteiger partial charge on any atom is 0.279 e. The third kappa shape index (κ3) is 4.56. The summed E-state index contributed by atoms with van der Waals surface area (Å²) in [6.45, 7) is 4.37. The summed E-state index contributed by atoms with van der Waals surface area (Å²) in [5.74, 6) is 1.61. The van der Waals surface area contributed by atoms with E-state index < -0.39 is 0 Å². The summed E-state index contributed by atoms with van der Waals surface area (Å²) in [5.41, 5.74) is 1.23. The number of aryl methyl sites for hydroxylation is 1. The van der Waals surface area contributed by atoms with E-state index in [1.54, 1.807) is 24.3 Å². The van der Waals surface area contributed by atoms with E-state index in [-0.39, 0.29) is 11.7 Å². The van der Waals surface area contributed by atoms with Crippen LogP contribution in [0.1, 0.15) is 28.8 Å². The molecule has 0 bridgehead atoms. The molecule has 1 heterocycles. The molecule has 1 aromatic carbocycles. The molecule has 1 amide bonds. The monoisotopic (exact) mass is 301 g/mol. The van der Waals surface area contributed by atoms with Gasteiger partial charge in [-0.25, -0.2) is 0 Å². The van der Waals surface area contributed by atoms with Crippen LogP contribution in [0.5, 0.6) is 0 Å². The molecule has 0 radical (unpaired) electrons. The largest absolute Gasteiger partial charge is 0.460 e. The second-order valence-electron chi connectivity index (χ2n) is 5.51. The number of rotatable bonds is 6. The highest BCUT2D eigenvalue weighted by Gasteiger charge is 2.13. The molecule has 5 heteroatoms. The van der Waals surface area contributed by atoms with Crippen LogP contribution >= 0.6 is 0 Å². The molecule has 22 heavy (non-hydrogen) atoms. The van der Waals surface area contributed by atoms with E-state index >= 15 is 0 Å². The average molecular weight is 301 g/mol. The first-order chi connectivity index (χ1) is 10.4. The van der Waals surface area contributed by atoms with Gasteiger partial charge in [0.1, 0.15) is 12.3 Å². The second-order valence-corrected chi connectivity index (χ2v) is 5.51. The number of ketones is 1. The molecular weight excluding hydrogens is 280 g/mol. The number of hydrogen-bond acceptors (Lipinski definition) is 3. The van der Waals surface area contributed by atoms with Crippen molar-refractivity contribution in [3.8, 4) is 0 Å². The molecule has 5 nitrogen and oxygen atoms in total. The highest BCUT2D eigenvalue weighted by atomic mass is 16.3. The Balaban J connectivity index is 1.89. The lowest BCUT2D eigenvalue weighted by Gasteiger charge is -2.12. The van der Waals surface area contributed by atoms with Crippen molar-refractivity contribution in [3.05, 3.63) is 53.5 Å². The molecule has 0 saturated heterocycles. The molecule has 2 N–H and O–H groups in total. The number of quaternary nitrogens is 1. The van der Waals surface area contributed by atoms with Crippen LogP contribution in [0.15, 0.2) is 40.8 Å². The number of anilines is 1. The van der Waals surface area contributed by atoms with Gasteiger partial charge in [0.05, 0.1) is 7.05 Å². The van der Waals surface area contributed by atoms with E-state index in [0.29, 0.717) is 24.3 Å². The first kappa shape index (κ1) is 16.0. The second kappa shape index (κ2) is 7.04. The maximum absolute atomic E-state index is 12.1. The Kier molecular flexibility index (Phi) is 5.12. The van der Waals surface area contributed by atoms with Crippen molar-refractivity contribution in [3.63, 3.8) is 0 Å². The summed E-state index contributed by atoms with van der Waals surface area (Å²) in [5, 5.41) is 2.82. The Morgan fingerprint density at radius 3 is 2.64 bits per heavy atom. The summed E-state index contributed by atoms with van der Waals surface area (Å²) < 4.78 is 5.51. The minimum absolute atomic E-state index is 0.0213. The molecule has 0 aliphatic rings. The van der Waals surface area contributed by atoms with Gasteiger partial charge in [-0.3, -0.25) is 9.59 Å². The Labute approximate surface area is 129 Å². The van der Waals surface area contributed by atoms with Crippen molar-refractivity contribution in [1.82, 2.24) is 0 Å². The lowest BCUT2D eigenvalue weighted by Crippen LogP contribution is -3.08. The number of hydrogen-bond donors (Lipinski definition) is 2. The smallest absolute Gasteiger partial charge is 0.279 e. The standard InChI is InChI=1S/C17H20N2O3/c1-12-7-8-16(22-12)10-19(3)11-17(21)18-15-6-4-5-14(9-15)13(2)20/h4-9H,10-11H2,1-3H3,(H,18,21)/p+1. The van der Waals surface area contributed by atoms with Crippen molar-refractivity contribution in [1.29, 1.82) is 0 Å². The van der Waals surface area contributed by atoms with Crippen molar-refractivity contribution in [2.75, 3.05) is 18.9 Å². The molecule has 2 rings (SSSR count). The van der Waals surface area contributed by atoms with Crippen LogP contribution in [0, 0.1) is 6.92 Å². The first-order valence-corrected chi connectivity index (χ1v) is 7.21. The van der Waals surface area contributed by atoms with Crippen molar-refractivity contribution in [2.45, 2.75) is 20.4 Å². The topological polar surface area (TPSA) is 63.8 Å². The Hall–Kier alpha value is -2.40. The quantitative estimate of drug-likeness (QED) is 0.794. The lowest BCUT2D eigenvalue weighted by molar-refractivity contribution is -0.886. The predicted octanol–water partition coefficient (Wildman–Crippen LogP) is 1.44. The van der Waals surface area contributed by atoms with Crippen LogP contribution in [-0.2, 0) is 11.3 Å². The molecule has 0 saturated carbocycles. The minimum atomic E-state index is -0.0959. The molecule has 1 unspecified atom stereocenters. The van der Waals surface area contributed by atoms with Crippen LogP contribution in [0.2, 0.25) is 0 Å². The summed E-state index contributed by atoms with van der Waals surface area (Å²) in [6.07, 6.45) is 0. The highest BCUT2D eigenvalue weighted by Crippen LogP contribution is 2.10. The summed E-state index contributed by atoms with van der Waals surface area (Å²) in [6, 6.07) is 10.8. The molecular formula is C17H21N2O3+. The van der Waals surface area contributed by atoms with Gasteiger partial charge >= 0.3 is 0 Å². The van der Waals surface area contributed by atoms with E-state index in [1.807, 2.05) is 26.1 Å². The zero-order valence-corrected chi connectivity index (χ0v) is 13.1.